The highest BCUT2D eigenvalue weighted by Gasteiger charge is 2.25. The second kappa shape index (κ2) is 5.85. The normalized spacial score (nSPS) is 12.9. The third kappa shape index (κ3) is 3.80. The van der Waals surface area contributed by atoms with Gasteiger partial charge in [-0.2, -0.15) is 4.72 Å². The zero-order valence-electron chi connectivity index (χ0n) is 10.3. The van der Waals surface area contributed by atoms with Crippen LogP contribution in [0.15, 0.2) is 21.6 Å². The molecule has 3 N–H and O–H groups in total. The second-order valence-electron chi connectivity index (χ2n) is 3.66. The van der Waals surface area contributed by atoms with Crippen molar-refractivity contribution in [3.8, 4) is 0 Å². The Balaban J connectivity index is 2.86. The zero-order chi connectivity index (χ0) is 14.6. The highest BCUT2D eigenvalue weighted by Crippen LogP contribution is 2.14. The number of hydrogen-bond acceptors (Lipinski definition) is 5. The maximum absolute atomic E-state index is 11.8. The van der Waals surface area contributed by atoms with Crippen LogP contribution in [0.25, 0.3) is 0 Å². The molecule has 106 valence electrons. The van der Waals surface area contributed by atoms with Crippen molar-refractivity contribution in [3.63, 3.8) is 0 Å². The van der Waals surface area contributed by atoms with E-state index < -0.39 is 38.8 Å². The summed E-state index contributed by atoms with van der Waals surface area (Å²) in [7, 11) is -4.08. The third-order valence-electron chi connectivity index (χ3n) is 2.13. The van der Waals surface area contributed by atoms with Crippen LogP contribution in [0.4, 0.5) is 0 Å². The standard InChI is InChI=1S/C10H14N2O6S/c1-3-11-9(13)6(2)12-19(16,17)8-5-4-7(18-8)10(14)15/h4-6,12H,3H2,1-2H3,(H,11,13)(H,14,15). The van der Waals surface area contributed by atoms with Crippen LogP contribution in [0.1, 0.15) is 24.4 Å². The summed E-state index contributed by atoms with van der Waals surface area (Å²) >= 11 is 0. The summed E-state index contributed by atoms with van der Waals surface area (Å²) in [6.45, 7) is 3.43. The Kier molecular flexibility index (Phi) is 4.67. The number of rotatable bonds is 6. The Morgan fingerprint density at radius 1 is 1.42 bits per heavy atom. The SMILES string of the molecule is CCNC(=O)C(C)NS(=O)(=O)c1ccc(C(=O)O)o1. The van der Waals surface area contributed by atoms with E-state index >= 15 is 0 Å². The van der Waals surface area contributed by atoms with Gasteiger partial charge < -0.3 is 14.8 Å². The van der Waals surface area contributed by atoms with Crippen LogP contribution in [-0.2, 0) is 14.8 Å². The molecule has 8 nitrogen and oxygen atoms in total. The van der Waals surface area contributed by atoms with E-state index in [9.17, 15) is 18.0 Å². The lowest BCUT2D eigenvalue weighted by Crippen LogP contribution is -2.44. The number of amides is 1. The molecule has 1 unspecified atom stereocenters. The number of aromatic carboxylic acids is 1. The van der Waals surface area contributed by atoms with E-state index in [4.69, 9.17) is 5.11 Å². The van der Waals surface area contributed by atoms with Crippen molar-refractivity contribution in [1.82, 2.24) is 10.0 Å². The highest BCUT2D eigenvalue weighted by atomic mass is 32.2. The molecule has 1 amide bonds. The van der Waals surface area contributed by atoms with Gasteiger partial charge in [-0.25, -0.2) is 13.2 Å². The van der Waals surface area contributed by atoms with E-state index in [1.165, 1.54) is 6.92 Å². The molecule has 0 spiro atoms. The Hall–Kier alpha value is -1.87. The van der Waals surface area contributed by atoms with E-state index in [-0.39, 0.29) is 0 Å². The molecule has 1 atom stereocenters. The summed E-state index contributed by atoms with van der Waals surface area (Å²) in [5.41, 5.74) is 0. The fourth-order valence-electron chi connectivity index (χ4n) is 1.25. The number of nitrogens with one attached hydrogen (secondary N) is 2. The fourth-order valence-corrected chi connectivity index (χ4v) is 2.39. The van der Waals surface area contributed by atoms with Gasteiger partial charge >= 0.3 is 5.97 Å². The number of carboxylic acids is 1. The number of hydrogen-bond donors (Lipinski definition) is 3. The quantitative estimate of drug-likeness (QED) is 0.665. The van der Waals surface area contributed by atoms with E-state index in [1.807, 2.05) is 0 Å². The van der Waals surface area contributed by atoms with Crippen LogP contribution in [0.5, 0.6) is 0 Å². The summed E-state index contributed by atoms with van der Waals surface area (Å²) < 4.78 is 30.4. The molecule has 1 aromatic heterocycles. The Morgan fingerprint density at radius 2 is 2.05 bits per heavy atom. The maximum Gasteiger partial charge on any atom is 0.371 e. The molecular formula is C10H14N2O6S. The minimum atomic E-state index is -4.08. The van der Waals surface area contributed by atoms with Gasteiger partial charge in [-0.05, 0) is 26.0 Å². The van der Waals surface area contributed by atoms with Gasteiger partial charge in [0.25, 0.3) is 10.0 Å². The van der Waals surface area contributed by atoms with Crippen LogP contribution in [-0.4, -0.2) is 38.0 Å². The molecule has 0 saturated heterocycles. The Bertz CT molecular complexity index is 577. The third-order valence-corrected chi connectivity index (χ3v) is 3.55. The number of carbonyl (C=O) groups excluding carboxylic acids is 1. The van der Waals surface area contributed by atoms with Gasteiger partial charge in [0, 0.05) is 6.54 Å². The first kappa shape index (κ1) is 15.2. The average molecular weight is 290 g/mol. The molecule has 0 fully saturated rings. The van der Waals surface area contributed by atoms with Crippen molar-refractivity contribution in [2.75, 3.05) is 6.54 Å². The lowest BCUT2D eigenvalue weighted by molar-refractivity contribution is -0.122. The monoisotopic (exact) mass is 290 g/mol. The first-order valence-electron chi connectivity index (χ1n) is 5.41. The molecule has 19 heavy (non-hydrogen) atoms. The van der Waals surface area contributed by atoms with E-state index in [0.717, 1.165) is 12.1 Å². The van der Waals surface area contributed by atoms with Crippen LogP contribution in [0.3, 0.4) is 0 Å². The predicted molar refractivity (Wildman–Crippen MR) is 64.1 cm³/mol. The summed E-state index contributed by atoms with van der Waals surface area (Å²) in [4.78, 5) is 22.0. The molecule has 0 saturated carbocycles. The molecule has 1 aromatic rings. The average Bonchev–Trinajstić information content (AvgIpc) is 2.78. The van der Waals surface area contributed by atoms with Crippen molar-refractivity contribution in [2.45, 2.75) is 25.0 Å². The van der Waals surface area contributed by atoms with Gasteiger partial charge in [0.05, 0.1) is 6.04 Å². The number of sulfonamides is 1. The Labute approximate surface area is 109 Å². The second-order valence-corrected chi connectivity index (χ2v) is 5.31. The summed E-state index contributed by atoms with van der Waals surface area (Å²) in [5, 5.41) is 10.5. The van der Waals surface area contributed by atoms with Crippen molar-refractivity contribution in [2.24, 2.45) is 0 Å². The molecule has 0 radical (unpaired) electrons. The summed E-state index contributed by atoms with van der Waals surface area (Å²) in [6, 6.07) is 1.03. The van der Waals surface area contributed by atoms with Crippen LogP contribution in [0.2, 0.25) is 0 Å². The van der Waals surface area contributed by atoms with Gasteiger partial charge in [-0.3, -0.25) is 4.79 Å². The van der Waals surface area contributed by atoms with Crippen molar-refractivity contribution >= 4 is 21.9 Å². The summed E-state index contributed by atoms with van der Waals surface area (Å²) in [5.74, 6) is -2.36. The zero-order valence-corrected chi connectivity index (χ0v) is 11.2. The van der Waals surface area contributed by atoms with E-state index in [1.54, 1.807) is 6.92 Å². The number of furan rings is 1. The molecule has 0 aliphatic heterocycles. The van der Waals surface area contributed by atoms with E-state index in [2.05, 4.69) is 14.5 Å². The van der Waals surface area contributed by atoms with Crippen LogP contribution < -0.4 is 10.0 Å². The Morgan fingerprint density at radius 3 is 2.53 bits per heavy atom. The predicted octanol–water partition coefficient (Wildman–Crippen LogP) is -0.219. The molecule has 1 rings (SSSR count). The van der Waals surface area contributed by atoms with Gasteiger partial charge in [0.15, 0.2) is 0 Å². The van der Waals surface area contributed by atoms with Gasteiger partial charge in [0.1, 0.15) is 0 Å². The minimum absolute atomic E-state index is 0.370. The lowest BCUT2D eigenvalue weighted by Gasteiger charge is -2.12. The molecular weight excluding hydrogens is 276 g/mol. The number of likely N-dealkylation sites (N-methyl/N-ethyl adjacent to an activating group) is 1. The smallest absolute Gasteiger partial charge is 0.371 e. The molecule has 9 heteroatoms. The van der Waals surface area contributed by atoms with Gasteiger partial charge in [-0.15, -0.1) is 0 Å². The topological polar surface area (TPSA) is 126 Å². The number of carboxylic acid groups (broad SMARTS) is 1. The first-order chi connectivity index (χ1) is 8.77. The molecule has 0 aliphatic carbocycles. The van der Waals surface area contributed by atoms with Crippen molar-refractivity contribution in [3.05, 3.63) is 17.9 Å². The van der Waals surface area contributed by atoms with E-state index in [0.29, 0.717) is 6.54 Å². The highest BCUT2D eigenvalue weighted by molar-refractivity contribution is 7.89. The van der Waals surface area contributed by atoms with Crippen molar-refractivity contribution < 1.29 is 27.5 Å². The van der Waals surface area contributed by atoms with Gasteiger partial charge in [-0.1, -0.05) is 0 Å². The maximum atomic E-state index is 11.8. The van der Waals surface area contributed by atoms with Crippen LogP contribution in [0, 0.1) is 0 Å². The van der Waals surface area contributed by atoms with Gasteiger partial charge in [0.2, 0.25) is 16.8 Å². The summed E-state index contributed by atoms with van der Waals surface area (Å²) in [6.07, 6.45) is 0. The minimum Gasteiger partial charge on any atom is -0.475 e. The number of carbonyl (C=O) groups is 2. The molecule has 0 aromatic carbocycles. The lowest BCUT2D eigenvalue weighted by atomic mass is 10.3. The molecule has 0 bridgehead atoms. The first-order valence-corrected chi connectivity index (χ1v) is 6.89. The molecule has 1 heterocycles. The van der Waals surface area contributed by atoms with Crippen molar-refractivity contribution in [1.29, 1.82) is 0 Å². The largest absolute Gasteiger partial charge is 0.475 e. The van der Waals surface area contributed by atoms with Crippen LogP contribution >= 0.6 is 0 Å². The molecule has 0 aliphatic rings. The fraction of sp³-hybridized carbons (Fsp3) is 0.400.